The number of hydrogen-bond acceptors (Lipinski definition) is 2. The van der Waals surface area contributed by atoms with Crippen LogP contribution in [0.1, 0.15) is 30.3 Å². The minimum Gasteiger partial charge on any atom is -0.341 e. The standard InChI is InChI=1S/C13H17N3/c1-9-5-6-10-11(8-9)15-13(14-10)12-4-3-7-16(12)2/h5-6,8,12H,3-4,7H2,1-2H3,(H,14,15)/t12-/m0/s1. The third kappa shape index (κ3) is 1.52. The fourth-order valence-corrected chi connectivity index (χ4v) is 2.56. The lowest BCUT2D eigenvalue weighted by molar-refractivity contribution is 0.307. The molecule has 3 heteroatoms. The number of rotatable bonds is 1. The van der Waals surface area contributed by atoms with Crippen LogP contribution in [0, 0.1) is 6.92 Å². The summed E-state index contributed by atoms with van der Waals surface area (Å²) in [5.74, 6) is 1.13. The Morgan fingerprint density at radius 1 is 1.44 bits per heavy atom. The van der Waals surface area contributed by atoms with Crippen molar-refractivity contribution in [2.75, 3.05) is 13.6 Å². The molecule has 1 aliphatic rings. The van der Waals surface area contributed by atoms with Crippen LogP contribution in [-0.2, 0) is 0 Å². The molecule has 3 rings (SSSR count). The predicted molar refractivity (Wildman–Crippen MR) is 65.4 cm³/mol. The summed E-state index contributed by atoms with van der Waals surface area (Å²) >= 11 is 0. The minimum absolute atomic E-state index is 0.479. The van der Waals surface area contributed by atoms with Crippen LogP contribution in [0.2, 0.25) is 0 Å². The average molecular weight is 215 g/mol. The van der Waals surface area contributed by atoms with Crippen LogP contribution in [0.3, 0.4) is 0 Å². The maximum Gasteiger partial charge on any atom is 0.124 e. The molecule has 1 saturated heterocycles. The van der Waals surface area contributed by atoms with E-state index in [1.54, 1.807) is 0 Å². The lowest BCUT2D eigenvalue weighted by Gasteiger charge is -2.16. The number of fused-ring (bicyclic) bond motifs is 1. The maximum atomic E-state index is 4.69. The number of aryl methyl sites for hydroxylation is 1. The first-order valence-electron chi connectivity index (χ1n) is 5.90. The van der Waals surface area contributed by atoms with Gasteiger partial charge in [0.1, 0.15) is 5.82 Å². The van der Waals surface area contributed by atoms with E-state index in [2.05, 4.69) is 47.0 Å². The van der Waals surface area contributed by atoms with Gasteiger partial charge in [-0.2, -0.15) is 0 Å². The molecule has 16 heavy (non-hydrogen) atoms. The molecule has 0 spiro atoms. The highest BCUT2D eigenvalue weighted by Crippen LogP contribution is 2.29. The van der Waals surface area contributed by atoms with E-state index < -0.39 is 0 Å². The van der Waals surface area contributed by atoms with E-state index in [1.807, 2.05) is 0 Å². The summed E-state index contributed by atoms with van der Waals surface area (Å²) in [7, 11) is 2.18. The average Bonchev–Trinajstić information content (AvgIpc) is 2.82. The predicted octanol–water partition coefficient (Wildman–Crippen LogP) is 2.64. The van der Waals surface area contributed by atoms with Crippen LogP contribution in [0.5, 0.6) is 0 Å². The second-order valence-electron chi connectivity index (χ2n) is 4.78. The first kappa shape index (κ1) is 9.85. The van der Waals surface area contributed by atoms with Gasteiger partial charge in [0.25, 0.3) is 0 Å². The monoisotopic (exact) mass is 215 g/mol. The number of likely N-dealkylation sites (tertiary alicyclic amines) is 1. The molecule has 0 bridgehead atoms. The van der Waals surface area contributed by atoms with Crippen molar-refractivity contribution >= 4 is 11.0 Å². The third-order valence-corrected chi connectivity index (χ3v) is 3.49. The lowest BCUT2D eigenvalue weighted by Crippen LogP contribution is -2.18. The van der Waals surface area contributed by atoms with Gasteiger partial charge in [-0.1, -0.05) is 6.07 Å². The second kappa shape index (κ2) is 3.59. The first-order valence-corrected chi connectivity index (χ1v) is 5.90. The number of H-pyrrole nitrogens is 1. The molecule has 84 valence electrons. The van der Waals surface area contributed by atoms with Crippen LogP contribution < -0.4 is 0 Å². The number of aromatic amines is 1. The van der Waals surface area contributed by atoms with Crippen molar-refractivity contribution in [2.45, 2.75) is 25.8 Å². The van der Waals surface area contributed by atoms with Gasteiger partial charge in [0.05, 0.1) is 17.1 Å². The Bertz CT molecular complexity index is 515. The van der Waals surface area contributed by atoms with Gasteiger partial charge in [-0.25, -0.2) is 4.98 Å². The highest BCUT2D eigenvalue weighted by atomic mass is 15.2. The Labute approximate surface area is 95.5 Å². The van der Waals surface area contributed by atoms with Crippen molar-refractivity contribution in [3.8, 4) is 0 Å². The lowest BCUT2D eigenvalue weighted by atomic mass is 10.2. The Balaban J connectivity index is 2.04. The number of imidazole rings is 1. The molecule has 0 saturated carbocycles. The SMILES string of the molecule is Cc1ccc2nc([C@@H]3CCCN3C)[nH]c2c1. The highest BCUT2D eigenvalue weighted by molar-refractivity contribution is 5.75. The molecule has 1 aromatic heterocycles. The van der Waals surface area contributed by atoms with E-state index in [1.165, 1.54) is 24.9 Å². The van der Waals surface area contributed by atoms with Crippen molar-refractivity contribution in [3.63, 3.8) is 0 Å². The summed E-state index contributed by atoms with van der Waals surface area (Å²) in [4.78, 5) is 10.5. The van der Waals surface area contributed by atoms with Crippen molar-refractivity contribution in [3.05, 3.63) is 29.6 Å². The summed E-state index contributed by atoms with van der Waals surface area (Å²) in [5.41, 5.74) is 3.53. The largest absolute Gasteiger partial charge is 0.341 e. The zero-order chi connectivity index (χ0) is 11.1. The number of hydrogen-bond donors (Lipinski definition) is 1. The van der Waals surface area contributed by atoms with Crippen LogP contribution in [0.15, 0.2) is 18.2 Å². The molecule has 0 amide bonds. The zero-order valence-corrected chi connectivity index (χ0v) is 9.83. The quantitative estimate of drug-likeness (QED) is 0.793. The molecular formula is C13H17N3. The van der Waals surface area contributed by atoms with E-state index >= 15 is 0 Å². The molecule has 3 nitrogen and oxygen atoms in total. The molecule has 0 aliphatic carbocycles. The molecule has 1 aliphatic heterocycles. The molecule has 2 aromatic rings. The van der Waals surface area contributed by atoms with Gasteiger partial charge in [0.2, 0.25) is 0 Å². The van der Waals surface area contributed by atoms with E-state index in [-0.39, 0.29) is 0 Å². The second-order valence-corrected chi connectivity index (χ2v) is 4.78. The topological polar surface area (TPSA) is 31.9 Å². The van der Waals surface area contributed by atoms with Crippen LogP contribution in [-0.4, -0.2) is 28.5 Å². The van der Waals surface area contributed by atoms with Gasteiger partial charge in [-0.15, -0.1) is 0 Å². The van der Waals surface area contributed by atoms with Crippen LogP contribution in [0.4, 0.5) is 0 Å². The molecule has 2 heterocycles. The molecule has 1 fully saturated rings. The summed E-state index contributed by atoms with van der Waals surface area (Å²) < 4.78 is 0. The van der Waals surface area contributed by atoms with Gasteiger partial charge in [0.15, 0.2) is 0 Å². The zero-order valence-electron chi connectivity index (χ0n) is 9.83. The third-order valence-electron chi connectivity index (χ3n) is 3.49. The maximum absolute atomic E-state index is 4.69. The van der Waals surface area contributed by atoms with Gasteiger partial charge in [0, 0.05) is 0 Å². The van der Waals surface area contributed by atoms with E-state index in [4.69, 9.17) is 0 Å². The number of nitrogens with zero attached hydrogens (tertiary/aromatic N) is 2. The Hall–Kier alpha value is -1.35. The van der Waals surface area contributed by atoms with Crippen molar-refractivity contribution in [1.29, 1.82) is 0 Å². The van der Waals surface area contributed by atoms with Crippen molar-refractivity contribution < 1.29 is 0 Å². The van der Waals surface area contributed by atoms with Crippen molar-refractivity contribution in [1.82, 2.24) is 14.9 Å². The smallest absolute Gasteiger partial charge is 0.124 e. The molecule has 1 N–H and O–H groups in total. The number of nitrogens with one attached hydrogen (secondary N) is 1. The summed E-state index contributed by atoms with van der Waals surface area (Å²) in [5, 5.41) is 0. The van der Waals surface area contributed by atoms with Gasteiger partial charge >= 0.3 is 0 Å². The fourth-order valence-electron chi connectivity index (χ4n) is 2.56. The summed E-state index contributed by atoms with van der Waals surface area (Å²) in [6.07, 6.45) is 2.49. The first-order chi connectivity index (χ1) is 7.74. The molecular weight excluding hydrogens is 198 g/mol. The summed E-state index contributed by atoms with van der Waals surface area (Å²) in [6.45, 7) is 3.29. The van der Waals surface area contributed by atoms with Gasteiger partial charge in [-0.3, -0.25) is 4.90 Å². The van der Waals surface area contributed by atoms with Crippen LogP contribution >= 0.6 is 0 Å². The van der Waals surface area contributed by atoms with E-state index in [0.29, 0.717) is 6.04 Å². The molecule has 1 aromatic carbocycles. The molecule has 0 unspecified atom stereocenters. The van der Waals surface area contributed by atoms with Crippen molar-refractivity contribution in [2.24, 2.45) is 0 Å². The minimum atomic E-state index is 0.479. The van der Waals surface area contributed by atoms with Gasteiger partial charge in [-0.05, 0) is 51.1 Å². The van der Waals surface area contributed by atoms with Crippen LogP contribution in [0.25, 0.3) is 11.0 Å². The molecule has 1 atom stereocenters. The van der Waals surface area contributed by atoms with E-state index in [0.717, 1.165) is 16.9 Å². The summed E-state index contributed by atoms with van der Waals surface area (Å²) in [6, 6.07) is 6.86. The molecule has 0 radical (unpaired) electrons. The Kier molecular flexibility index (Phi) is 2.21. The highest BCUT2D eigenvalue weighted by Gasteiger charge is 2.25. The Morgan fingerprint density at radius 3 is 3.06 bits per heavy atom. The van der Waals surface area contributed by atoms with Gasteiger partial charge < -0.3 is 4.98 Å². The normalized spacial score (nSPS) is 22.0. The number of benzene rings is 1. The fraction of sp³-hybridized carbons (Fsp3) is 0.462. The van der Waals surface area contributed by atoms with E-state index in [9.17, 15) is 0 Å². The number of aromatic nitrogens is 2. The Morgan fingerprint density at radius 2 is 2.31 bits per heavy atom.